The van der Waals surface area contributed by atoms with E-state index >= 15 is 0 Å². The van der Waals surface area contributed by atoms with E-state index in [0.717, 1.165) is 11.1 Å². The lowest BCUT2D eigenvalue weighted by atomic mass is 9.99. The fraction of sp³-hybridized carbons (Fsp3) is 0.286. The Morgan fingerprint density at radius 2 is 1.57 bits per heavy atom. The molecule has 2 N–H and O–H groups in total. The zero-order valence-electron chi connectivity index (χ0n) is 15.5. The van der Waals surface area contributed by atoms with Gasteiger partial charge in [-0.05, 0) is 35.7 Å². The van der Waals surface area contributed by atoms with E-state index in [1.54, 1.807) is 31.2 Å². The largest absolute Gasteiger partial charge is 0.481 e. The number of halogens is 1. The number of carbonyl (C=O) groups excluding carboxylic acids is 2. The first-order chi connectivity index (χ1) is 13.4. The number of carboxylic acids is 1. The number of ether oxygens (including phenoxy) is 1. The van der Waals surface area contributed by atoms with Crippen molar-refractivity contribution in [3.8, 4) is 11.1 Å². The number of amides is 1. The molecular formula is C21H22FNO5. The number of hydrogen-bond donors (Lipinski definition) is 2. The standard InChI is InChI=1S/C21H22FNO5/c1-2-28-21(27)13-18(23-19(24)11-12-20(25)26)16-5-3-14(4-6-16)15-7-9-17(22)10-8-15/h3-10,18H,2,11-13H2,1H3,(H,23,24)(H,25,26). The van der Waals surface area contributed by atoms with E-state index in [2.05, 4.69) is 5.32 Å². The molecule has 2 aromatic rings. The highest BCUT2D eigenvalue weighted by atomic mass is 19.1. The molecule has 7 heteroatoms. The van der Waals surface area contributed by atoms with E-state index in [9.17, 15) is 18.8 Å². The van der Waals surface area contributed by atoms with Crippen LogP contribution >= 0.6 is 0 Å². The molecule has 2 rings (SSSR count). The van der Waals surface area contributed by atoms with Crippen LogP contribution in [-0.2, 0) is 19.1 Å². The SMILES string of the molecule is CCOC(=O)CC(NC(=O)CCC(=O)O)c1ccc(-c2ccc(F)cc2)cc1. The molecule has 0 spiro atoms. The smallest absolute Gasteiger partial charge is 0.308 e. The maximum absolute atomic E-state index is 13.1. The first kappa shape index (κ1) is 21.1. The van der Waals surface area contributed by atoms with E-state index in [4.69, 9.17) is 9.84 Å². The van der Waals surface area contributed by atoms with E-state index < -0.39 is 23.9 Å². The Balaban J connectivity index is 2.16. The third-order valence-electron chi connectivity index (χ3n) is 4.07. The van der Waals surface area contributed by atoms with Crippen molar-refractivity contribution in [1.29, 1.82) is 0 Å². The normalized spacial score (nSPS) is 11.5. The molecule has 0 saturated heterocycles. The highest BCUT2D eigenvalue weighted by molar-refractivity contribution is 5.81. The van der Waals surface area contributed by atoms with Crippen LogP contribution in [0.3, 0.4) is 0 Å². The lowest BCUT2D eigenvalue weighted by molar-refractivity contribution is -0.144. The molecule has 0 bridgehead atoms. The van der Waals surface area contributed by atoms with Gasteiger partial charge in [-0.2, -0.15) is 0 Å². The van der Waals surface area contributed by atoms with Gasteiger partial charge in [0.1, 0.15) is 5.82 Å². The summed E-state index contributed by atoms with van der Waals surface area (Å²) < 4.78 is 18.0. The topological polar surface area (TPSA) is 92.7 Å². The van der Waals surface area contributed by atoms with Crippen LogP contribution in [0.4, 0.5) is 4.39 Å². The summed E-state index contributed by atoms with van der Waals surface area (Å²) in [5.74, 6) is -2.31. The first-order valence-corrected chi connectivity index (χ1v) is 8.91. The monoisotopic (exact) mass is 387 g/mol. The molecule has 0 aliphatic carbocycles. The molecule has 148 valence electrons. The Kier molecular flexibility index (Phi) is 7.68. The minimum atomic E-state index is -1.07. The maximum Gasteiger partial charge on any atom is 0.308 e. The fourth-order valence-electron chi connectivity index (χ4n) is 2.68. The second-order valence-electron chi connectivity index (χ2n) is 6.15. The number of carboxylic acid groups (broad SMARTS) is 1. The summed E-state index contributed by atoms with van der Waals surface area (Å²) in [6.45, 7) is 1.91. The number of aliphatic carboxylic acids is 1. The van der Waals surface area contributed by atoms with Gasteiger partial charge in [0.15, 0.2) is 0 Å². The lowest BCUT2D eigenvalue weighted by Gasteiger charge is -2.19. The van der Waals surface area contributed by atoms with Gasteiger partial charge in [-0.3, -0.25) is 14.4 Å². The van der Waals surface area contributed by atoms with Crippen molar-refractivity contribution < 1.29 is 28.6 Å². The third kappa shape index (κ3) is 6.50. The summed E-state index contributed by atoms with van der Waals surface area (Å²) in [6.07, 6.45) is -0.535. The summed E-state index contributed by atoms with van der Waals surface area (Å²) in [5, 5.41) is 11.4. The van der Waals surface area contributed by atoms with Crippen molar-refractivity contribution in [2.45, 2.75) is 32.2 Å². The Morgan fingerprint density at radius 3 is 2.11 bits per heavy atom. The zero-order valence-corrected chi connectivity index (χ0v) is 15.5. The number of hydrogen-bond acceptors (Lipinski definition) is 4. The van der Waals surface area contributed by atoms with Crippen LogP contribution in [0, 0.1) is 5.82 Å². The van der Waals surface area contributed by atoms with Crippen LogP contribution in [0.1, 0.15) is 37.8 Å². The molecule has 0 aliphatic rings. The van der Waals surface area contributed by atoms with E-state index in [0.29, 0.717) is 5.56 Å². The summed E-state index contributed by atoms with van der Waals surface area (Å²) >= 11 is 0. The van der Waals surface area contributed by atoms with Gasteiger partial charge < -0.3 is 15.2 Å². The van der Waals surface area contributed by atoms with Gasteiger partial charge in [-0.25, -0.2) is 4.39 Å². The molecule has 1 amide bonds. The summed E-state index contributed by atoms with van der Waals surface area (Å²) in [6, 6.07) is 12.6. The molecular weight excluding hydrogens is 365 g/mol. The minimum Gasteiger partial charge on any atom is -0.481 e. The number of esters is 1. The quantitative estimate of drug-likeness (QED) is 0.643. The van der Waals surface area contributed by atoms with Crippen molar-refractivity contribution in [1.82, 2.24) is 5.32 Å². The highest BCUT2D eigenvalue weighted by Crippen LogP contribution is 2.24. The molecule has 1 atom stereocenters. The number of carbonyl (C=O) groups is 3. The molecule has 28 heavy (non-hydrogen) atoms. The molecule has 0 fully saturated rings. The molecule has 2 aromatic carbocycles. The van der Waals surface area contributed by atoms with Crippen molar-refractivity contribution in [2.24, 2.45) is 0 Å². The molecule has 6 nitrogen and oxygen atoms in total. The molecule has 0 heterocycles. The van der Waals surface area contributed by atoms with Crippen molar-refractivity contribution in [2.75, 3.05) is 6.61 Å². The average molecular weight is 387 g/mol. The predicted octanol–water partition coefficient (Wildman–Crippen LogP) is 3.47. The summed E-state index contributed by atoms with van der Waals surface area (Å²) in [4.78, 5) is 34.6. The summed E-state index contributed by atoms with van der Waals surface area (Å²) in [5.41, 5.74) is 2.37. The molecule has 0 aliphatic heterocycles. The van der Waals surface area contributed by atoms with Gasteiger partial charge in [0.2, 0.25) is 5.91 Å². The van der Waals surface area contributed by atoms with Gasteiger partial charge in [-0.1, -0.05) is 36.4 Å². The van der Waals surface area contributed by atoms with E-state index in [-0.39, 0.29) is 31.7 Å². The van der Waals surface area contributed by atoms with Crippen molar-refractivity contribution in [3.05, 3.63) is 59.9 Å². The summed E-state index contributed by atoms with van der Waals surface area (Å²) in [7, 11) is 0. The van der Waals surface area contributed by atoms with Crippen molar-refractivity contribution >= 4 is 17.8 Å². The average Bonchev–Trinajstić information content (AvgIpc) is 2.67. The van der Waals surface area contributed by atoms with Crippen LogP contribution in [0.25, 0.3) is 11.1 Å². The van der Waals surface area contributed by atoms with Crippen LogP contribution < -0.4 is 5.32 Å². The number of rotatable bonds is 9. The van der Waals surface area contributed by atoms with Gasteiger partial charge in [0.05, 0.1) is 25.5 Å². The maximum atomic E-state index is 13.1. The van der Waals surface area contributed by atoms with Crippen LogP contribution in [0.2, 0.25) is 0 Å². The Hall–Kier alpha value is -3.22. The minimum absolute atomic E-state index is 0.0669. The number of benzene rings is 2. The number of nitrogens with one attached hydrogen (secondary N) is 1. The lowest BCUT2D eigenvalue weighted by Crippen LogP contribution is -2.30. The molecule has 0 saturated carbocycles. The van der Waals surface area contributed by atoms with Gasteiger partial charge in [-0.15, -0.1) is 0 Å². The third-order valence-corrected chi connectivity index (χ3v) is 4.07. The zero-order chi connectivity index (χ0) is 20.5. The Bertz CT molecular complexity index is 818. The van der Waals surface area contributed by atoms with E-state index in [1.165, 1.54) is 12.1 Å². The second-order valence-corrected chi connectivity index (χ2v) is 6.15. The fourth-order valence-corrected chi connectivity index (χ4v) is 2.68. The van der Waals surface area contributed by atoms with E-state index in [1.807, 2.05) is 12.1 Å². The van der Waals surface area contributed by atoms with Crippen LogP contribution in [0.15, 0.2) is 48.5 Å². The molecule has 1 unspecified atom stereocenters. The first-order valence-electron chi connectivity index (χ1n) is 8.91. The molecule has 0 radical (unpaired) electrons. The molecule has 0 aromatic heterocycles. The van der Waals surface area contributed by atoms with Gasteiger partial charge in [0, 0.05) is 6.42 Å². The van der Waals surface area contributed by atoms with Gasteiger partial charge in [0.25, 0.3) is 0 Å². The predicted molar refractivity (Wildman–Crippen MR) is 101 cm³/mol. The van der Waals surface area contributed by atoms with Gasteiger partial charge >= 0.3 is 11.9 Å². The highest BCUT2D eigenvalue weighted by Gasteiger charge is 2.20. The Labute approximate surface area is 162 Å². The van der Waals surface area contributed by atoms with Crippen molar-refractivity contribution in [3.63, 3.8) is 0 Å². The van der Waals surface area contributed by atoms with Crippen LogP contribution in [0.5, 0.6) is 0 Å². The second kappa shape index (κ2) is 10.2. The Morgan fingerprint density at radius 1 is 1.00 bits per heavy atom. The van der Waals surface area contributed by atoms with Crippen LogP contribution in [-0.4, -0.2) is 29.6 Å².